The molecule has 0 bridgehead atoms. The highest BCUT2D eigenvalue weighted by atomic mass is 16.6. The summed E-state index contributed by atoms with van der Waals surface area (Å²) < 4.78 is 19.9. The average molecular weight is 262 g/mol. The van der Waals surface area contributed by atoms with Gasteiger partial charge in [-0.15, -0.1) is 0 Å². The van der Waals surface area contributed by atoms with Gasteiger partial charge < -0.3 is 18.9 Å². The van der Waals surface area contributed by atoms with E-state index in [9.17, 15) is 9.59 Å². The molecular weight excluding hydrogens is 240 g/mol. The maximum absolute atomic E-state index is 11.1. The maximum atomic E-state index is 11.1. The number of ketones is 1. The lowest BCUT2D eigenvalue weighted by molar-refractivity contribution is -0.152. The van der Waals surface area contributed by atoms with Crippen LogP contribution in [0.5, 0.6) is 0 Å². The monoisotopic (exact) mass is 262 g/mol. The molecule has 0 amide bonds. The summed E-state index contributed by atoms with van der Waals surface area (Å²) in [6, 6.07) is 0. The van der Waals surface area contributed by atoms with Gasteiger partial charge in [0.2, 0.25) is 0 Å². The molecule has 0 N–H and O–H groups in total. The molecule has 0 aromatic rings. The number of carbonyl (C=O) groups excluding carboxylic acids is 2. The lowest BCUT2D eigenvalue weighted by Gasteiger charge is -2.06. The first kappa shape index (κ1) is 17.0. The van der Waals surface area contributed by atoms with Crippen LogP contribution in [0, 0.1) is 0 Å². The Morgan fingerprint density at radius 3 is 2.06 bits per heavy atom. The van der Waals surface area contributed by atoms with Crippen LogP contribution in [0.2, 0.25) is 0 Å². The van der Waals surface area contributed by atoms with Crippen LogP contribution >= 0.6 is 0 Å². The van der Waals surface area contributed by atoms with Crippen LogP contribution in [0.4, 0.5) is 0 Å². The molecule has 0 atom stereocenters. The number of hydrogen-bond acceptors (Lipinski definition) is 6. The Balaban J connectivity index is 3.22. The van der Waals surface area contributed by atoms with Crippen LogP contribution in [-0.2, 0) is 28.5 Å². The molecule has 0 heterocycles. The molecule has 0 aliphatic rings. The molecule has 0 radical (unpaired) electrons. The predicted octanol–water partition coefficient (Wildman–Crippen LogP) is 0.578. The van der Waals surface area contributed by atoms with E-state index in [0.717, 1.165) is 0 Å². The van der Waals surface area contributed by atoms with Gasteiger partial charge in [0.25, 0.3) is 0 Å². The number of ether oxygens (including phenoxy) is 4. The van der Waals surface area contributed by atoms with Crippen LogP contribution in [0.1, 0.15) is 20.3 Å². The highest BCUT2D eigenvalue weighted by Crippen LogP contribution is 1.87. The van der Waals surface area contributed by atoms with Crippen LogP contribution < -0.4 is 0 Å². The molecule has 0 aromatic carbocycles. The fourth-order valence-electron chi connectivity index (χ4n) is 0.942. The zero-order chi connectivity index (χ0) is 13.6. The molecule has 106 valence electrons. The fraction of sp³-hybridized carbons (Fsp3) is 0.833. The Bertz CT molecular complexity index is 229. The summed E-state index contributed by atoms with van der Waals surface area (Å²) in [5.74, 6) is -0.645. The van der Waals surface area contributed by atoms with Crippen molar-refractivity contribution in [1.82, 2.24) is 0 Å². The van der Waals surface area contributed by atoms with E-state index in [0.29, 0.717) is 39.5 Å². The van der Waals surface area contributed by atoms with E-state index >= 15 is 0 Å². The Hall–Kier alpha value is -0.980. The summed E-state index contributed by atoms with van der Waals surface area (Å²) in [7, 11) is 0. The quantitative estimate of drug-likeness (QED) is 0.378. The molecule has 6 nitrogen and oxygen atoms in total. The number of carbonyl (C=O) groups is 2. The maximum Gasteiger partial charge on any atom is 0.332 e. The summed E-state index contributed by atoms with van der Waals surface area (Å²) in [6.45, 7) is 5.73. The second-order valence-electron chi connectivity index (χ2n) is 3.41. The van der Waals surface area contributed by atoms with Crippen LogP contribution in [0.25, 0.3) is 0 Å². The Morgan fingerprint density at radius 1 is 0.833 bits per heavy atom. The first-order valence-corrected chi connectivity index (χ1v) is 6.11. The van der Waals surface area contributed by atoms with Crippen LogP contribution in [-0.4, -0.2) is 58.0 Å². The SMILES string of the molecule is CCOCCOCCOCC(=O)OCC(=O)CC. The molecule has 0 rings (SSSR count). The number of rotatable bonds is 12. The standard InChI is InChI=1S/C12H22O6/c1-3-11(13)9-18-12(14)10-17-8-7-16-6-5-15-4-2/h3-10H2,1-2H3. The zero-order valence-corrected chi connectivity index (χ0v) is 11.1. The van der Waals surface area contributed by atoms with Crippen molar-refractivity contribution in [3.63, 3.8) is 0 Å². The van der Waals surface area contributed by atoms with Crippen molar-refractivity contribution >= 4 is 11.8 Å². The minimum absolute atomic E-state index is 0.109. The Morgan fingerprint density at radius 2 is 1.44 bits per heavy atom. The van der Waals surface area contributed by atoms with Crippen molar-refractivity contribution in [2.45, 2.75) is 20.3 Å². The van der Waals surface area contributed by atoms with Gasteiger partial charge in [0.1, 0.15) is 13.2 Å². The molecule has 0 aliphatic heterocycles. The van der Waals surface area contributed by atoms with Gasteiger partial charge in [0.15, 0.2) is 5.78 Å². The molecular formula is C12H22O6. The highest BCUT2D eigenvalue weighted by molar-refractivity contribution is 5.82. The van der Waals surface area contributed by atoms with E-state index in [1.54, 1.807) is 6.92 Å². The first-order chi connectivity index (χ1) is 8.70. The van der Waals surface area contributed by atoms with Crippen LogP contribution in [0.3, 0.4) is 0 Å². The van der Waals surface area contributed by atoms with Crippen molar-refractivity contribution in [3.8, 4) is 0 Å². The highest BCUT2D eigenvalue weighted by Gasteiger charge is 2.05. The van der Waals surface area contributed by atoms with E-state index < -0.39 is 5.97 Å². The van der Waals surface area contributed by atoms with Gasteiger partial charge >= 0.3 is 5.97 Å². The number of Topliss-reactive ketones (excluding diaryl/α,β-unsaturated/α-hetero) is 1. The molecule has 0 spiro atoms. The van der Waals surface area contributed by atoms with Crippen molar-refractivity contribution < 1.29 is 28.5 Å². The third-order valence-electron chi connectivity index (χ3n) is 1.96. The van der Waals surface area contributed by atoms with Gasteiger partial charge in [0, 0.05) is 13.0 Å². The van der Waals surface area contributed by atoms with E-state index in [4.69, 9.17) is 14.2 Å². The van der Waals surface area contributed by atoms with Gasteiger partial charge in [-0.05, 0) is 6.92 Å². The Labute approximate surface area is 108 Å². The lowest BCUT2D eigenvalue weighted by Crippen LogP contribution is -2.19. The van der Waals surface area contributed by atoms with E-state index in [-0.39, 0.29) is 19.0 Å². The van der Waals surface area contributed by atoms with Crippen LogP contribution in [0.15, 0.2) is 0 Å². The third-order valence-corrected chi connectivity index (χ3v) is 1.96. The van der Waals surface area contributed by atoms with Gasteiger partial charge in [0.05, 0.1) is 26.4 Å². The van der Waals surface area contributed by atoms with Gasteiger partial charge in [-0.1, -0.05) is 6.92 Å². The third kappa shape index (κ3) is 11.5. The summed E-state index contributed by atoms with van der Waals surface area (Å²) in [5, 5.41) is 0. The van der Waals surface area contributed by atoms with Gasteiger partial charge in [-0.25, -0.2) is 4.79 Å². The minimum Gasteiger partial charge on any atom is -0.456 e. The van der Waals surface area contributed by atoms with E-state index in [1.165, 1.54) is 0 Å². The largest absolute Gasteiger partial charge is 0.456 e. The van der Waals surface area contributed by atoms with E-state index in [2.05, 4.69) is 4.74 Å². The summed E-state index contributed by atoms with van der Waals surface area (Å²) in [4.78, 5) is 21.9. The molecule has 0 saturated carbocycles. The summed E-state index contributed by atoms with van der Waals surface area (Å²) in [6.07, 6.45) is 0.363. The normalized spacial score (nSPS) is 10.3. The van der Waals surface area contributed by atoms with Gasteiger partial charge in [-0.2, -0.15) is 0 Å². The molecule has 0 saturated heterocycles. The minimum atomic E-state index is -0.536. The topological polar surface area (TPSA) is 71.1 Å². The molecule has 0 unspecified atom stereocenters. The van der Waals surface area contributed by atoms with E-state index in [1.807, 2.05) is 6.92 Å². The molecule has 0 aliphatic carbocycles. The number of esters is 1. The van der Waals surface area contributed by atoms with Gasteiger partial charge in [-0.3, -0.25) is 4.79 Å². The molecule has 0 fully saturated rings. The Kier molecular flexibility index (Phi) is 11.8. The predicted molar refractivity (Wildman–Crippen MR) is 64.4 cm³/mol. The first-order valence-electron chi connectivity index (χ1n) is 6.11. The average Bonchev–Trinajstić information content (AvgIpc) is 2.39. The molecule has 6 heteroatoms. The fourth-order valence-corrected chi connectivity index (χ4v) is 0.942. The summed E-state index contributed by atoms with van der Waals surface area (Å²) in [5.41, 5.74) is 0. The molecule has 0 aromatic heterocycles. The lowest BCUT2D eigenvalue weighted by atomic mass is 10.3. The second-order valence-corrected chi connectivity index (χ2v) is 3.41. The van der Waals surface area contributed by atoms with Crippen molar-refractivity contribution in [3.05, 3.63) is 0 Å². The second kappa shape index (κ2) is 12.5. The summed E-state index contributed by atoms with van der Waals surface area (Å²) >= 11 is 0. The van der Waals surface area contributed by atoms with Crippen molar-refractivity contribution in [1.29, 1.82) is 0 Å². The molecule has 18 heavy (non-hydrogen) atoms. The number of hydrogen-bond donors (Lipinski definition) is 0. The zero-order valence-electron chi connectivity index (χ0n) is 11.1. The smallest absolute Gasteiger partial charge is 0.332 e. The van der Waals surface area contributed by atoms with Crippen molar-refractivity contribution in [2.24, 2.45) is 0 Å². The van der Waals surface area contributed by atoms with Crippen molar-refractivity contribution in [2.75, 3.05) is 46.2 Å².